The van der Waals surface area contributed by atoms with Crippen molar-refractivity contribution in [1.82, 2.24) is 45.8 Å². The van der Waals surface area contributed by atoms with E-state index in [-0.39, 0.29) is 23.8 Å². The minimum atomic E-state index is -0.694. The number of benzene rings is 1. The fourth-order valence-electron chi connectivity index (χ4n) is 6.69. The molecule has 2 unspecified atom stereocenters. The van der Waals surface area contributed by atoms with Gasteiger partial charge in [-0.25, -0.2) is 19.7 Å². The van der Waals surface area contributed by atoms with Gasteiger partial charge in [-0.1, -0.05) is 25.8 Å². The lowest BCUT2D eigenvalue weighted by molar-refractivity contribution is -0.135. The minimum Gasteiger partial charge on any atom is -0.453 e. The van der Waals surface area contributed by atoms with Crippen molar-refractivity contribution in [2.75, 3.05) is 33.8 Å². The molecule has 0 radical (unpaired) electrons. The lowest BCUT2D eigenvalue weighted by Gasteiger charge is -2.29. The Labute approximate surface area is 291 Å². The summed E-state index contributed by atoms with van der Waals surface area (Å²) in [6.45, 7) is 5.38. The van der Waals surface area contributed by atoms with Crippen LogP contribution in [0, 0.1) is 17.8 Å². The fourth-order valence-corrected chi connectivity index (χ4v) is 6.69. The van der Waals surface area contributed by atoms with Crippen LogP contribution in [0.2, 0.25) is 0 Å². The van der Waals surface area contributed by atoms with Crippen molar-refractivity contribution in [3.8, 4) is 23.1 Å². The number of pyridine rings is 1. The molecule has 1 aliphatic carbocycles. The number of H-pyrrole nitrogens is 2. The summed E-state index contributed by atoms with van der Waals surface area (Å²) < 4.78 is 4.75. The second kappa shape index (κ2) is 15.6. The number of nitrogens with one attached hydrogen (secondary N) is 5. The number of likely N-dealkylation sites (N-methyl/N-ethyl adjacent to an activating group) is 1. The summed E-state index contributed by atoms with van der Waals surface area (Å²) in [5.74, 6) is 7.90. The number of aromatic nitrogens is 5. The number of aromatic amines is 2. The highest BCUT2D eigenvalue weighted by atomic mass is 16.5. The number of fused-ring (bicyclic) bond motifs is 4. The maximum Gasteiger partial charge on any atom is 0.407 e. The fraction of sp³-hybridized carbons (Fsp3) is 0.459. The number of rotatable bonds is 11. The van der Waals surface area contributed by atoms with Crippen LogP contribution < -0.4 is 16.0 Å². The second-order valence-corrected chi connectivity index (χ2v) is 13.2. The van der Waals surface area contributed by atoms with Crippen molar-refractivity contribution in [1.29, 1.82) is 0 Å². The van der Waals surface area contributed by atoms with Gasteiger partial charge in [0.05, 0.1) is 30.9 Å². The average Bonchev–Trinajstić information content (AvgIpc) is 3.87. The standard InChI is InChI=1S/C37H45N9O4/c1-22(2)32(44-37(49)50-4)36(48)46-19-7-8-29(46)35-42-28-17-14-25(40-34(28)45-35)13-10-23-11-15-26-24(20-23)12-16-27-33(26)43-30(41-27)9-5-6-18-39-31(47)21-38-3/h11,14-15,17,20,22,29,32,38H,5-9,12,16,18-19,21H2,1-4H3,(H,39,47)(H,41,43)(H,44,49)(H,40,42,45). The molecule has 4 aromatic rings. The van der Waals surface area contributed by atoms with E-state index in [2.05, 4.69) is 49.9 Å². The molecule has 13 heteroatoms. The molecule has 3 amide bonds. The van der Waals surface area contributed by atoms with Gasteiger partial charge in [0.1, 0.15) is 23.4 Å². The molecule has 4 heterocycles. The van der Waals surface area contributed by atoms with Crippen LogP contribution in [-0.4, -0.2) is 87.6 Å². The van der Waals surface area contributed by atoms with Crippen LogP contribution in [0.4, 0.5) is 4.79 Å². The van der Waals surface area contributed by atoms with Crippen molar-refractivity contribution in [2.45, 2.75) is 70.9 Å². The van der Waals surface area contributed by atoms with Crippen LogP contribution in [0.15, 0.2) is 30.3 Å². The zero-order chi connectivity index (χ0) is 35.2. The van der Waals surface area contributed by atoms with Gasteiger partial charge in [0, 0.05) is 36.3 Å². The lowest BCUT2D eigenvalue weighted by atomic mass is 9.91. The number of imidazole rings is 2. The Morgan fingerprint density at radius 2 is 1.92 bits per heavy atom. The van der Waals surface area contributed by atoms with E-state index < -0.39 is 12.1 Å². The monoisotopic (exact) mass is 679 g/mol. The second-order valence-electron chi connectivity index (χ2n) is 13.2. The molecule has 3 aromatic heterocycles. The van der Waals surface area contributed by atoms with Crippen molar-refractivity contribution >= 4 is 29.1 Å². The molecule has 0 spiro atoms. The van der Waals surface area contributed by atoms with Gasteiger partial charge in [-0.05, 0) is 87.2 Å². The first-order chi connectivity index (χ1) is 24.2. The van der Waals surface area contributed by atoms with E-state index in [1.807, 2.05) is 32.0 Å². The molecule has 6 rings (SSSR count). The Morgan fingerprint density at radius 1 is 1.06 bits per heavy atom. The zero-order valence-electron chi connectivity index (χ0n) is 29.1. The highest BCUT2D eigenvalue weighted by Crippen LogP contribution is 2.34. The van der Waals surface area contributed by atoms with Crippen LogP contribution in [0.3, 0.4) is 0 Å². The molecule has 0 saturated carbocycles. The molecule has 0 bridgehead atoms. The smallest absolute Gasteiger partial charge is 0.407 e. The number of amides is 3. The van der Waals surface area contributed by atoms with E-state index in [4.69, 9.17) is 19.7 Å². The first kappa shape index (κ1) is 34.6. The van der Waals surface area contributed by atoms with Gasteiger partial charge in [-0.3, -0.25) is 9.59 Å². The van der Waals surface area contributed by atoms with E-state index in [1.165, 1.54) is 18.4 Å². The van der Waals surface area contributed by atoms with Gasteiger partial charge < -0.3 is 35.6 Å². The molecule has 13 nitrogen and oxygen atoms in total. The Bertz CT molecular complexity index is 1940. The molecular formula is C37H45N9O4. The van der Waals surface area contributed by atoms with Crippen LogP contribution in [0.5, 0.6) is 0 Å². The largest absolute Gasteiger partial charge is 0.453 e. The number of carbonyl (C=O) groups is 3. The average molecular weight is 680 g/mol. The van der Waals surface area contributed by atoms with Crippen LogP contribution in [-0.2, 0) is 33.6 Å². The van der Waals surface area contributed by atoms with Gasteiger partial charge in [-0.15, -0.1) is 0 Å². The van der Waals surface area contributed by atoms with Gasteiger partial charge in [-0.2, -0.15) is 0 Å². The molecule has 1 aromatic carbocycles. The zero-order valence-corrected chi connectivity index (χ0v) is 29.1. The van der Waals surface area contributed by atoms with E-state index in [1.54, 1.807) is 11.9 Å². The van der Waals surface area contributed by atoms with Gasteiger partial charge in [0.25, 0.3) is 0 Å². The molecule has 2 atom stereocenters. The molecule has 50 heavy (non-hydrogen) atoms. The third-order valence-electron chi connectivity index (χ3n) is 9.27. The summed E-state index contributed by atoms with van der Waals surface area (Å²) in [6, 6.07) is 9.13. The number of hydrogen-bond acceptors (Lipinski definition) is 8. The Hall–Kier alpha value is -5.22. The Morgan fingerprint density at radius 3 is 2.72 bits per heavy atom. The summed E-state index contributed by atoms with van der Waals surface area (Å²) in [4.78, 5) is 60.1. The van der Waals surface area contributed by atoms with Gasteiger partial charge >= 0.3 is 6.09 Å². The maximum absolute atomic E-state index is 13.5. The number of hydrogen-bond donors (Lipinski definition) is 5. The number of ether oxygens (including phenoxy) is 1. The van der Waals surface area contributed by atoms with Crippen molar-refractivity contribution in [3.63, 3.8) is 0 Å². The third kappa shape index (κ3) is 7.81. The first-order valence-electron chi connectivity index (χ1n) is 17.4. The van der Waals surface area contributed by atoms with Crippen molar-refractivity contribution in [3.05, 3.63) is 64.5 Å². The number of aryl methyl sites for hydroxylation is 3. The summed E-state index contributed by atoms with van der Waals surface area (Å²) in [7, 11) is 3.05. The van der Waals surface area contributed by atoms with Gasteiger partial charge in [0.2, 0.25) is 11.8 Å². The van der Waals surface area contributed by atoms with Gasteiger partial charge in [0.15, 0.2) is 5.65 Å². The predicted molar refractivity (Wildman–Crippen MR) is 189 cm³/mol. The van der Waals surface area contributed by atoms with Crippen LogP contribution >= 0.6 is 0 Å². The summed E-state index contributed by atoms with van der Waals surface area (Å²) >= 11 is 0. The van der Waals surface area contributed by atoms with Crippen molar-refractivity contribution < 1.29 is 19.1 Å². The number of unbranched alkanes of at least 4 members (excludes halogenated alkanes) is 1. The molecule has 1 fully saturated rings. The van der Waals surface area contributed by atoms with Crippen molar-refractivity contribution in [2.24, 2.45) is 5.92 Å². The number of nitrogens with zero attached hydrogens (tertiary/aromatic N) is 4. The predicted octanol–water partition coefficient (Wildman–Crippen LogP) is 3.55. The normalized spacial score (nSPS) is 15.6. The van der Waals surface area contributed by atoms with Crippen LogP contribution in [0.1, 0.15) is 79.7 Å². The lowest BCUT2D eigenvalue weighted by Crippen LogP contribution is -2.51. The summed E-state index contributed by atoms with van der Waals surface area (Å²) in [5.41, 5.74) is 7.40. The molecule has 262 valence electrons. The SMILES string of the molecule is CNCC(=O)NCCCCc1nc2c([nH]1)CCc1cc(C#Cc3ccc4[nH]c(C5CCCN5C(=O)C(NC(=O)OC)C(C)C)nc4n3)ccc1-2. The van der Waals surface area contributed by atoms with E-state index in [0.717, 1.165) is 73.1 Å². The highest BCUT2D eigenvalue weighted by Gasteiger charge is 2.37. The number of carbonyl (C=O) groups excluding carboxylic acids is 3. The quantitative estimate of drug-likeness (QED) is 0.118. The molecule has 1 saturated heterocycles. The molecular weight excluding hydrogens is 634 g/mol. The van der Waals surface area contributed by atoms with E-state index in [9.17, 15) is 14.4 Å². The minimum absolute atomic E-state index is 0.0151. The third-order valence-corrected chi connectivity index (χ3v) is 9.27. The topological polar surface area (TPSA) is 170 Å². The number of methoxy groups -OCH3 is 1. The first-order valence-corrected chi connectivity index (χ1v) is 17.4. The summed E-state index contributed by atoms with van der Waals surface area (Å²) in [5, 5.41) is 8.46. The molecule has 5 N–H and O–H groups in total. The Balaban J connectivity index is 1.11. The number of likely N-dealkylation sites (tertiary alicyclic amines) is 1. The number of alkyl carbamates (subject to hydrolysis) is 1. The van der Waals surface area contributed by atoms with E-state index in [0.29, 0.717) is 36.8 Å². The van der Waals surface area contributed by atoms with E-state index >= 15 is 0 Å². The Kier molecular flexibility index (Phi) is 10.8. The molecule has 1 aliphatic heterocycles. The maximum atomic E-state index is 13.5. The summed E-state index contributed by atoms with van der Waals surface area (Å²) in [6.07, 6.45) is 5.47. The molecule has 2 aliphatic rings. The van der Waals surface area contributed by atoms with Crippen LogP contribution in [0.25, 0.3) is 22.4 Å². The highest BCUT2D eigenvalue weighted by molar-refractivity contribution is 5.86.